The zero-order valence-corrected chi connectivity index (χ0v) is 10.8. The highest BCUT2D eigenvalue weighted by Crippen LogP contribution is 2.25. The third-order valence-electron chi connectivity index (χ3n) is 3.47. The molecule has 1 unspecified atom stereocenters. The molecule has 1 atom stereocenters. The molecule has 1 saturated heterocycles. The quantitative estimate of drug-likeness (QED) is 0.893. The van der Waals surface area contributed by atoms with Gasteiger partial charge in [-0.1, -0.05) is 6.92 Å². The number of rotatable bonds is 3. The highest BCUT2D eigenvalue weighted by atomic mass is 19.1. The molecule has 2 N–H and O–H groups in total. The van der Waals surface area contributed by atoms with Crippen molar-refractivity contribution in [2.45, 2.75) is 6.92 Å². The van der Waals surface area contributed by atoms with Crippen molar-refractivity contribution in [2.24, 2.45) is 11.8 Å². The molecule has 20 heavy (non-hydrogen) atoms. The van der Waals surface area contributed by atoms with Crippen LogP contribution in [0.15, 0.2) is 18.2 Å². The summed E-state index contributed by atoms with van der Waals surface area (Å²) in [4.78, 5) is 23.9. The van der Waals surface area contributed by atoms with Crippen molar-refractivity contribution in [1.29, 1.82) is 0 Å². The van der Waals surface area contributed by atoms with Gasteiger partial charge >= 0.3 is 12.0 Å². The molecule has 1 aliphatic heterocycles. The molecule has 1 aromatic rings. The lowest BCUT2D eigenvalue weighted by atomic mass is 9.87. The molecular weight excluding hydrogens is 270 g/mol. The van der Waals surface area contributed by atoms with Crippen LogP contribution in [0, 0.1) is 23.5 Å². The number of urea groups is 1. The zero-order chi connectivity index (χ0) is 14.9. The van der Waals surface area contributed by atoms with Crippen molar-refractivity contribution in [3.8, 4) is 0 Å². The van der Waals surface area contributed by atoms with Crippen molar-refractivity contribution < 1.29 is 23.5 Å². The molecular formula is C13H14F2N2O3. The molecule has 0 spiro atoms. The largest absolute Gasteiger partial charge is 0.481 e. The van der Waals surface area contributed by atoms with Gasteiger partial charge in [0.15, 0.2) is 0 Å². The number of nitrogens with zero attached hydrogens (tertiary/aromatic N) is 1. The predicted molar refractivity (Wildman–Crippen MR) is 67.2 cm³/mol. The summed E-state index contributed by atoms with van der Waals surface area (Å²) in [5.74, 6) is -3.10. The summed E-state index contributed by atoms with van der Waals surface area (Å²) >= 11 is 0. The molecule has 1 aromatic carbocycles. The van der Waals surface area contributed by atoms with Gasteiger partial charge in [-0.15, -0.1) is 0 Å². The lowest BCUT2D eigenvalue weighted by molar-refractivity contribution is -0.144. The van der Waals surface area contributed by atoms with Gasteiger partial charge in [0.2, 0.25) is 0 Å². The maximum atomic E-state index is 13.4. The number of aliphatic carboxylic acids is 1. The van der Waals surface area contributed by atoms with Gasteiger partial charge in [-0.3, -0.25) is 4.79 Å². The highest BCUT2D eigenvalue weighted by molar-refractivity contribution is 5.90. The molecule has 0 bridgehead atoms. The van der Waals surface area contributed by atoms with Crippen LogP contribution in [-0.2, 0) is 4.79 Å². The average molecular weight is 284 g/mol. The highest BCUT2D eigenvalue weighted by Gasteiger charge is 2.37. The van der Waals surface area contributed by atoms with E-state index in [1.54, 1.807) is 6.92 Å². The molecule has 2 amide bonds. The Morgan fingerprint density at radius 3 is 2.60 bits per heavy atom. The number of amides is 2. The minimum absolute atomic E-state index is 0.101. The van der Waals surface area contributed by atoms with Crippen LogP contribution in [0.5, 0.6) is 0 Å². The zero-order valence-electron chi connectivity index (χ0n) is 10.8. The van der Waals surface area contributed by atoms with Crippen LogP contribution < -0.4 is 5.32 Å². The van der Waals surface area contributed by atoms with E-state index in [1.807, 2.05) is 0 Å². The summed E-state index contributed by atoms with van der Waals surface area (Å²) in [5.41, 5.74) is -0.105. The number of likely N-dealkylation sites (tertiary alicyclic amines) is 1. The fourth-order valence-electron chi connectivity index (χ4n) is 1.98. The van der Waals surface area contributed by atoms with Gasteiger partial charge in [-0.2, -0.15) is 0 Å². The third-order valence-corrected chi connectivity index (χ3v) is 3.47. The molecule has 2 rings (SSSR count). The number of carboxylic acids is 1. The van der Waals surface area contributed by atoms with E-state index in [0.29, 0.717) is 19.2 Å². The number of carbonyl (C=O) groups excluding carboxylic acids is 1. The summed E-state index contributed by atoms with van der Waals surface area (Å²) in [6.07, 6.45) is 0. The van der Waals surface area contributed by atoms with E-state index in [-0.39, 0.29) is 11.6 Å². The summed E-state index contributed by atoms with van der Waals surface area (Å²) in [6.45, 7) is 2.20. The van der Waals surface area contributed by atoms with E-state index in [1.165, 1.54) is 4.90 Å². The van der Waals surface area contributed by atoms with Crippen LogP contribution in [-0.4, -0.2) is 35.1 Å². The van der Waals surface area contributed by atoms with Crippen molar-refractivity contribution >= 4 is 17.7 Å². The Morgan fingerprint density at radius 2 is 2.05 bits per heavy atom. The van der Waals surface area contributed by atoms with Crippen LogP contribution in [0.1, 0.15) is 6.92 Å². The number of anilines is 1. The maximum Gasteiger partial charge on any atom is 0.321 e. The second-order valence-corrected chi connectivity index (χ2v) is 4.85. The van der Waals surface area contributed by atoms with E-state index in [4.69, 9.17) is 5.11 Å². The SMILES string of the molecule is CC(C(=O)O)C1CN(C(=O)Nc2ccc(F)cc2F)C1. The second-order valence-electron chi connectivity index (χ2n) is 4.85. The number of hydrogen-bond donors (Lipinski definition) is 2. The van der Waals surface area contributed by atoms with E-state index >= 15 is 0 Å². The summed E-state index contributed by atoms with van der Waals surface area (Å²) < 4.78 is 26.1. The monoisotopic (exact) mass is 284 g/mol. The Bertz CT molecular complexity index is 544. The lowest BCUT2D eigenvalue weighted by Crippen LogP contribution is -2.54. The Hall–Kier alpha value is -2.18. The molecule has 0 aromatic heterocycles. The molecule has 5 nitrogen and oxygen atoms in total. The molecule has 0 aliphatic carbocycles. The van der Waals surface area contributed by atoms with Crippen molar-refractivity contribution in [2.75, 3.05) is 18.4 Å². The minimum atomic E-state index is -0.903. The van der Waals surface area contributed by atoms with Gasteiger partial charge < -0.3 is 15.3 Å². The van der Waals surface area contributed by atoms with E-state index in [2.05, 4.69) is 5.32 Å². The number of nitrogens with one attached hydrogen (secondary N) is 1. The van der Waals surface area contributed by atoms with Gasteiger partial charge in [0.1, 0.15) is 11.6 Å². The molecule has 1 aliphatic rings. The first-order valence-electron chi connectivity index (χ1n) is 6.12. The molecule has 0 radical (unpaired) electrons. The van der Waals surface area contributed by atoms with E-state index in [9.17, 15) is 18.4 Å². The van der Waals surface area contributed by atoms with Crippen LogP contribution in [0.4, 0.5) is 19.3 Å². The molecule has 7 heteroatoms. The Kier molecular flexibility index (Phi) is 3.87. The first kappa shape index (κ1) is 14.2. The number of benzene rings is 1. The Balaban J connectivity index is 1.90. The first-order valence-corrected chi connectivity index (χ1v) is 6.12. The number of halogens is 2. The Labute approximate surface area is 114 Å². The number of carboxylic acid groups (broad SMARTS) is 1. The molecule has 1 heterocycles. The summed E-state index contributed by atoms with van der Waals surface area (Å²) in [5, 5.41) is 11.2. The predicted octanol–water partition coefficient (Wildman–Crippen LogP) is 2.15. The third kappa shape index (κ3) is 2.87. The lowest BCUT2D eigenvalue weighted by Gasteiger charge is -2.41. The standard InChI is InChI=1S/C13H14F2N2O3/c1-7(12(18)19)8-5-17(6-8)13(20)16-11-3-2-9(14)4-10(11)15/h2-4,7-8H,5-6H2,1H3,(H,16,20)(H,18,19). The van der Waals surface area contributed by atoms with Gasteiger partial charge in [0.25, 0.3) is 0 Å². The van der Waals surface area contributed by atoms with E-state index in [0.717, 1.165) is 12.1 Å². The molecule has 0 saturated carbocycles. The van der Waals surface area contributed by atoms with Crippen LogP contribution >= 0.6 is 0 Å². The molecule has 108 valence electrons. The van der Waals surface area contributed by atoms with Gasteiger partial charge in [-0.25, -0.2) is 13.6 Å². The first-order chi connectivity index (χ1) is 9.38. The summed E-state index contributed by atoms with van der Waals surface area (Å²) in [6, 6.07) is 2.34. The fraction of sp³-hybridized carbons (Fsp3) is 0.385. The minimum Gasteiger partial charge on any atom is -0.481 e. The summed E-state index contributed by atoms with van der Waals surface area (Å²) in [7, 11) is 0. The van der Waals surface area contributed by atoms with Crippen LogP contribution in [0.25, 0.3) is 0 Å². The van der Waals surface area contributed by atoms with Gasteiger partial charge in [0.05, 0.1) is 11.6 Å². The van der Waals surface area contributed by atoms with E-state index < -0.39 is 29.6 Å². The van der Waals surface area contributed by atoms with Gasteiger partial charge in [-0.05, 0) is 12.1 Å². The number of hydrogen-bond acceptors (Lipinski definition) is 2. The normalized spacial score (nSPS) is 16.4. The molecule has 1 fully saturated rings. The smallest absolute Gasteiger partial charge is 0.321 e. The van der Waals surface area contributed by atoms with Crippen molar-refractivity contribution in [3.63, 3.8) is 0 Å². The van der Waals surface area contributed by atoms with Crippen LogP contribution in [0.2, 0.25) is 0 Å². The van der Waals surface area contributed by atoms with Crippen molar-refractivity contribution in [3.05, 3.63) is 29.8 Å². The second kappa shape index (κ2) is 5.44. The number of carbonyl (C=O) groups is 2. The fourth-order valence-corrected chi connectivity index (χ4v) is 1.98. The maximum absolute atomic E-state index is 13.4. The van der Waals surface area contributed by atoms with Crippen molar-refractivity contribution in [1.82, 2.24) is 4.90 Å². The Morgan fingerprint density at radius 1 is 1.40 bits per heavy atom. The van der Waals surface area contributed by atoms with Crippen LogP contribution in [0.3, 0.4) is 0 Å². The average Bonchev–Trinajstić information content (AvgIpc) is 2.30. The topological polar surface area (TPSA) is 69.6 Å². The van der Waals surface area contributed by atoms with Gasteiger partial charge in [0, 0.05) is 25.1 Å².